The Morgan fingerprint density at radius 3 is 2.50 bits per heavy atom. The zero-order valence-electron chi connectivity index (χ0n) is 13.0. The topological polar surface area (TPSA) is 15.3 Å². The second-order valence-electron chi connectivity index (χ2n) is 6.27. The molecule has 0 amide bonds. The lowest BCUT2D eigenvalue weighted by molar-refractivity contribution is 0.139. The first kappa shape index (κ1) is 16.0. The molecule has 108 valence electrons. The van der Waals surface area contributed by atoms with E-state index in [2.05, 4.69) is 37.9 Å². The molecule has 0 aliphatic carbocycles. The van der Waals surface area contributed by atoms with Gasteiger partial charge in [0.05, 0.1) is 0 Å². The summed E-state index contributed by atoms with van der Waals surface area (Å²) in [4.78, 5) is 2.70. The minimum absolute atomic E-state index is 0.681. The first-order valence-electron chi connectivity index (χ1n) is 8.14. The number of nitrogens with one attached hydrogen (secondary N) is 1. The van der Waals surface area contributed by atoms with Crippen LogP contribution in [0.5, 0.6) is 0 Å². The highest BCUT2D eigenvalue weighted by Gasteiger charge is 2.21. The molecule has 2 nitrogen and oxygen atoms in total. The molecule has 0 saturated carbocycles. The molecule has 2 atom stereocenters. The molecule has 0 bridgehead atoms. The van der Waals surface area contributed by atoms with Gasteiger partial charge in [-0.15, -0.1) is 0 Å². The fourth-order valence-electron chi connectivity index (χ4n) is 3.20. The Balaban J connectivity index is 2.35. The van der Waals surface area contributed by atoms with Crippen LogP contribution in [0.2, 0.25) is 0 Å². The van der Waals surface area contributed by atoms with E-state index >= 15 is 0 Å². The summed E-state index contributed by atoms with van der Waals surface area (Å²) in [5.74, 6) is 0. The highest BCUT2D eigenvalue weighted by Crippen LogP contribution is 2.17. The SMILES string of the molecule is CCCCCN(C(C)C)C(C)CC1CCCCN1. The first-order valence-corrected chi connectivity index (χ1v) is 8.14. The largest absolute Gasteiger partial charge is 0.314 e. The number of hydrogen-bond acceptors (Lipinski definition) is 2. The molecule has 18 heavy (non-hydrogen) atoms. The van der Waals surface area contributed by atoms with Gasteiger partial charge in [0.25, 0.3) is 0 Å². The van der Waals surface area contributed by atoms with Gasteiger partial charge in [0, 0.05) is 18.1 Å². The van der Waals surface area contributed by atoms with E-state index in [0.717, 1.165) is 12.1 Å². The van der Waals surface area contributed by atoms with Crippen LogP contribution in [0.15, 0.2) is 0 Å². The Hall–Kier alpha value is -0.0800. The van der Waals surface area contributed by atoms with Gasteiger partial charge >= 0.3 is 0 Å². The minimum atomic E-state index is 0.681. The van der Waals surface area contributed by atoms with Crippen molar-refractivity contribution in [2.75, 3.05) is 13.1 Å². The van der Waals surface area contributed by atoms with Crippen LogP contribution in [0.25, 0.3) is 0 Å². The summed E-state index contributed by atoms with van der Waals surface area (Å²) in [6, 6.07) is 2.17. The van der Waals surface area contributed by atoms with Crippen molar-refractivity contribution in [3.05, 3.63) is 0 Å². The normalized spacial score (nSPS) is 22.7. The van der Waals surface area contributed by atoms with Crippen LogP contribution < -0.4 is 5.32 Å². The van der Waals surface area contributed by atoms with Crippen LogP contribution in [0, 0.1) is 0 Å². The van der Waals surface area contributed by atoms with Gasteiger partial charge in [0.1, 0.15) is 0 Å². The summed E-state index contributed by atoms with van der Waals surface area (Å²) in [5.41, 5.74) is 0. The lowest BCUT2D eigenvalue weighted by Gasteiger charge is -2.36. The van der Waals surface area contributed by atoms with E-state index in [0.29, 0.717) is 6.04 Å². The Morgan fingerprint density at radius 1 is 1.17 bits per heavy atom. The average Bonchev–Trinajstić information content (AvgIpc) is 2.35. The van der Waals surface area contributed by atoms with Crippen LogP contribution in [0.1, 0.15) is 72.6 Å². The van der Waals surface area contributed by atoms with Crippen molar-refractivity contribution < 1.29 is 0 Å². The smallest absolute Gasteiger partial charge is 0.00844 e. The number of nitrogens with zero attached hydrogens (tertiary/aromatic N) is 1. The number of rotatable bonds is 8. The summed E-state index contributed by atoms with van der Waals surface area (Å²) in [5, 5.41) is 3.68. The quantitative estimate of drug-likeness (QED) is 0.663. The zero-order valence-corrected chi connectivity index (χ0v) is 13.0. The van der Waals surface area contributed by atoms with E-state index in [1.54, 1.807) is 0 Å². The fourth-order valence-corrected chi connectivity index (χ4v) is 3.20. The third kappa shape index (κ3) is 5.71. The highest BCUT2D eigenvalue weighted by molar-refractivity contribution is 4.80. The Morgan fingerprint density at radius 2 is 1.94 bits per heavy atom. The fraction of sp³-hybridized carbons (Fsp3) is 1.00. The lowest BCUT2D eigenvalue weighted by Crippen LogP contribution is -2.44. The van der Waals surface area contributed by atoms with Gasteiger partial charge in [-0.25, -0.2) is 0 Å². The molecule has 0 aromatic rings. The van der Waals surface area contributed by atoms with Crippen molar-refractivity contribution in [1.82, 2.24) is 10.2 Å². The molecule has 1 heterocycles. The van der Waals surface area contributed by atoms with Crippen LogP contribution in [-0.4, -0.2) is 36.1 Å². The zero-order chi connectivity index (χ0) is 13.4. The molecular weight excluding hydrogens is 220 g/mol. The molecule has 1 rings (SSSR count). The van der Waals surface area contributed by atoms with Crippen LogP contribution >= 0.6 is 0 Å². The molecule has 0 spiro atoms. The molecule has 0 aromatic heterocycles. The molecule has 2 unspecified atom stereocenters. The van der Waals surface area contributed by atoms with Crippen LogP contribution in [-0.2, 0) is 0 Å². The summed E-state index contributed by atoms with van der Waals surface area (Å²) in [6.45, 7) is 11.9. The van der Waals surface area contributed by atoms with Gasteiger partial charge in [-0.2, -0.15) is 0 Å². The second-order valence-corrected chi connectivity index (χ2v) is 6.27. The monoisotopic (exact) mass is 254 g/mol. The predicted octanol–water partition coefficient (Wildman–Crippen LogP) is 3.81. The molecule has 0 radical (unpaired) electrons. The van der Waals surface area contributed by atoms with Crippen molar-refractivity contribution in [2.24, 2.45) is 0 Å². The van der Waals surface area contributed by atoms with Crippen molar-refractivity contribution in [2.45, 2.75) is 90.8 Å². The summed E-state index contributed by atoms with van der Waals surface area (Å²) >= 11 is 0. The van der Waals surface area contributed by atoms with Crippen molar-refractivity contribution in [3.8, 4) is 0 Å². The third-order valence-electron chi connectivity index (χ3n) is 4.29. The lowest BCUT2D eigenvalue weighted by atomic mass is 9.97. The van der Waals surface area contributed by atoms with E-state index in [1.807, 2.05) is 0 Å². The van der Waals surface area contributed by atoms with Crippen molar-refractivity contribution in [1.29, 1.82) is 0 Å². The van der Waals surface area contributed by atoms with Gasteiger partial charge in [0.15, 0.2) is 0 Å². The number of piperidine rings is 1. The van der Waals surface area contributed by atoms with E-state index in [1.165, 1.54) is 58.0 Å². The predicted molar refractivity (Wildman–Crippen MR) is 81.1 cm³/mol. The maximum Gasteiger partial charge on any atom is 0.00844 e. The molecule has 1 saturated heterocycles. The van der Waals surface area contributed by atoms with Crippen molar-refractivity contribution in [3.63, 3.8) is 0 Å². The Bertz CT molecular complexity index is 197. The van der Waals surface area contributed by atoms with E-state index in [4.69, 9.17) is 0 Å². The van der Waals surface area contributed by atoms with Gasteiger partial charge in [-0.1, -0.05) is 26.2 Å². The molecule has 0 aromatic carbocycles. The standard InChI is InChI=1S/C16H34N2/c1-5-6-9-12-18(14(2)3)15(4)13-16-10-7-8-11-17-16/h14-17H,5-13H2,1-4H3. The molecule has 2 heteroatoms. The molecule has 1 fully saturated rings. The average molecular weight is 254 g/mol. The minimum Gasteiger partial charge on any atom is -0.314 e. The van der Waals surface area contributed by atoms with Crippen LogP contribution in [0.4, 0.5) is 0 Å². The first-order chi connectivity index (χ1) is 8.65. The van der Waals surface area contributed by atoms with Gasteiger partial charge in [0.2, 0.25) is 0 Å². The van der Waals surface area contributed by atoms with Gasteiger partial charge < -0.3 is 5.32 Å². The third-order valence-corrected chi connectivity index (χ3v) is 4.29. The maximum atomic E-state index is 3.68. The molecule has 1 N–H and O–H groups in total. The second kappa shape index (κ2) is 8.92. The Kier molecular flexibility index (Phi) is 7.92. The summed E-state index contributed by atoms with van der Waals surface area (Å²) in [7, 11) is 0. The number of unbranched alkanes of at least 4 members (excludes halogenated alkanes) is 2. The van der Waals surface area contributed by atoms with Crippen LogP contribution in [0.3, 0.4) is 0 Å². The molecular formula is C16H34N2. The molecule has 1 aliphatic heterocycles. The number of hydrogen-bond donors (Lipinski definition) is 1. The highest BCUT2D eigenvalue weighted by atomic mass is 15.2. The molecule has 1 aliphatic rings. The van der Waals surface area contributed by atoms with Crippen molar-refractivity contribution >= 4 is 0 Å². The van der Waals surface area contributed by atoms with E-state index in [-0.39, 0.29) is 0 Å². The summed E-state index contributed by atoms with van der Waals surface area (Å²) in [6.07, 6.45) is 9.55. The van der Waals surface area contributed by atoms with E-state index in [9.17, 15) is 0 Å². The maximum absolute atomic E-state index is 3.68. The van der Waals surface area contributed by atoms with Gasteiger partial charge in [-0.05, 0) is 59.5 Å². The Labute approximate surface area is 115 Å². The van der Waals surface area contributed by atoms with E-state index < -0.39 is 0 Å². The summed E-state index contributed by atoms with van der Waals surface area (Å²) < 4.78 is 0. The van der Waals surface area contributed by atoms with Gasteiger partial charge in [-0.3, -0.25) is 4.90 Å².